The van der Waals surface area contributed by atoms with Crippen molar-refractivity contribution in [2.75, 3.05) is 4.90 Å². The van der Waals surface area contributed by atoms with Gasteiger partial charge in [-0.1, -0.05) is 84.9 Å². The van der Waals surface area contributed by atoms with E-state index in [1.807, 2.05) is 0 Å². The molecule has 0 spiro atoms. The lowest BCUT2D eigenvalue weighted by Crippen LogP contribution is -2.19. The molecule has 0 fully saturated rings. The minimum Gasteiger partial charge on any atom is -0.313 e. The molecule has 1 heteroatoms. The Bertz CT molecular complexity index is 1290. The third-order valence-electron chi connectivity index (χ3n) is 6.14. The summed E-state index contributed by atoms with van der Waals surface area (Å²) in [5.74, 6) is 0. The van der Waals surface area contributed by atoms with Gasteiger partial charge in [0, 0.05) is 16.8 Å². The van der Waals surface area contributed by atoms with Crippen LogP contribution in [0.4, 0.5) is 11.4 Å². The summed E-state index contributed by atoms with van der Waals surface area (Å²) in [4.78, 5) is 2.48. The lowest BCUT2D eigenvalue weighted by molar-refractivity contribution is 0.929. The van der Waals surface area contributed by atoms with Crippen molar-refractivity contribution in [3.05, 3.63) is 126 Å². The summed E-state index contributed by atoms with van der Waals surface area (Å²) in [7, 11) is 0. The molecule has 1 nitrogen and oxygen atoms in total. The Balaban J connectivity index is 1.68. The number of anilines is 2. The molecule has 0 radical (unpaired) electrons. The SMILES string of the molecule is Cc1cccc(N(C2=CC=C(c3ccccc3)CC2)c2c(C)ccc3ccccc23)c1. The first-order valence-electron chi connectivity index (χ1n) is 11.0. The monoisotopic (exact) mass is 401 g/mol. The number of fused-ring (bicyclic) bond motifs is 1. The van der Waals surface area contributed by atoms with Gasteiger partial charge < -0.3 is 4.90 Å². The molecule has 0 heterocycles. The highest BCUT2D eigenvalue weighted by Crippen LogP contribution is 2.41. The molecule has 0 saturated carbocycles. The second-order valence-electron chi connectivity index (χ2n) is 8.34. The molecule has 0 bridgehead atoms. The number of hydrogen-bond donors (Lipinski definition) is 0. The smallest absolute Gasteiger partial charge is 0.0565 e. The molecule has 0 aliphatic heterocycles. The number of aryl methyl sites for hydroxylation is 2. The van der Waals surface area contributed by atoms with E-state index in [1.165, 1.54) is 50.1 Å². The van der Waals surface area contributed by atoms with Gasteiger partial charge in [0.05, 0.1) is 5.69 Å². The summed E-state index contributed by atoms with van der Waals surface area (Å²) in [6, 6.07) is 32.8. The Labute approximate surface area is 185 Å². The van der Waals surface area contributed by atoms with E-state index in [1.54, 1.807) is 0 Å². The highest BCUT2D eigenvalue weighted by atomic mass is 15.2. The fraction of sp³-hybridized carbons (Fsp3) is 0.133. The molecule has 0 aromatic heterocycles. The predicted octanol–water partition coefficient (Wildman–Crippen LogP) is 8.36. The molecule has 0 N–H and O–H groups in total. The molecule has 0 atom stereocenters. The predicted molar refractivity (Wildman–Crippen MR) is 134 cm³/mol. The molecular formula is C30H27N. The van der Waals surface area contributed by atoms with Crippen molar-refractivity contribution in [1.82, 2.24) is 0 Å². The minimum atomic E-state index is 1.01. The van der Waals surface area contributed by atoms with Gasteiger partial charge >= 0.3 is 0 Å². The second kappa shape index (κ2) is 8.28. The lowest BCUT2D eigenvalue weighted by Gasteiger charge is -2.32. The molecule has 4 aromatic carbocycles. The minimum absolute atomic E-state index is 1.01. The van der Waals surface area contributed by atoms with Crippen molar-refractivity contribution in [1.29, 1.82) is 0 Å². The Hall–Kier alpha value is -3.58. The summed E-state index contributed by atoms with van der Waals surface area (Å²) in [6.45, 7) is 4.39. The maximum absolute atomic E-state index is 2.48. The fourth-order valence-electron chi connectivity index (χ4n) is 4.57. The van der Waals surface area contributed by atoms with Crippen LogP contribution in [0, 0.1) is 13.8 Å². The van der Waals surface area contributed by atoms with Crippen LogP contribution in [0.1, 0.15) is 29.5 Å². The Morgan fingerprint density at radius 2 is 1.48 bits per heavy atom. The molecule has 0 saturated heterocycles. The van der Waals surface area contributed by atoms with Crippen LogP contribution in [0.3, 0.4) is 0 Å². The van der Waals surface area contributed by atoms with Crippen LogP contribution in [0.25, 0.3) is 16.3 Å². The first-order valence-corrected chi connectivity index (χ1v) is 11.0. The van der Waals surface area contributed by atoms with E-state index < -0.39 is 0 Å². The average Bonchev–Trinajstić information content (AvgIpc) is 2.82. The summed E-state index contributed by atoms with van der Waals surface area (Å²) in [5, 5.41) is 2.57. The van der Waals surface area contributed by atoms with Crippen LogP contribution in [0.2, 0.25) is 0 Å². The molecule has 1 aliphatic carbocycles. The van der Waals surface area contributed by atoms with Crippen molar-refractivity contribution in [3.8, 4) is 0 Å². The summed E-state index contributed by atoms with van der Waals surface area (Å²) < 4.78 is 0. The Morgan fingerprint density at radius 1 is 0.677 bits per heavy atom. The zero-order valence-electron chi connectivity index (χ0n) is 18.2. The van der Waals surface area contributed by atoms with E-state index in [0.717, 1.165) is 12.8 Å². The van der Waals surface area contributed by atoms with Gasteiger partial charge in [-0.05, 0) is 72.5 Å². The molecule has 152 valence electrons. The van der Waals surface area contributed by atoms with Gasteiger partial charge in [-0.25, -0.2) is 0 Å². The highest BCUT2D eigenvalue weighted by Gasteiger charge is 2.21. The van der Waals surface area contributed by atoms with Gasteiger partial charge in [0.1, 0.15) is 0 Å². The van der Waals surface area contributed by atoms with Gasteiger partial charge in [-0.15, -0.1) is 0 Å². The molecule has 1 aliphatic rings. The van der Waals surface area contributed by atoms with Crippen LogP contribution in [-0.4, -0.2) is 0 Å². The average molecular weight is 402 g/mol. The second-order valence-corrected chi connectivity index (χ2v) is 8.34. The maximum Gasteiger partial charge on any atom is 0.0565 e. The van der Waals surface area contributed by atoms with Crippen molar-refractivity contribution < 1.29 is 0 Å². The zero-order valence-corrected chi connectivity index (χ0v) is 18.2. The van der Waals surface area contributed by atoms with E-state index in [-0.39, 0.29) is 0 Å². The van der Waals surface area contributed by atoms with Crippen molar-refractivity contribution >= 4 is 27.7 Å². The van der Waals surface area contributed by atoms with Gasteiger partial charge in [0.15, 0.2) is 0 Å². The third-order valence-corrected chi connectivity index (χ3v) is 6.14. The topological polar surface area (TPSA) is 3.24 Å². The highest BCUT2D eigenvalue weighted by molar-refractivity contribution is 5.99. The first kappa shape index (κ1) is 19.4. The summed E-state index contributed by atoms with van der Waals surface area (Å²) in [6.07, 6.45) is 6.67. The van der Waals surface area contributed by atoms with E-state index in [4.69, 9.17) is 0 Å². The number of benzene rings is 4. The molecule has 31 heavy (non-hydrogen) atoms. The number of allylic oxidation sites excluding steroid dienone is 4. The normalized spacial score (nSPS) is 13.6. The maximum atomic E-state index is 2.48. The van der Waals surface area contributed by atoms with E-state index in [2.05, 4.69) is 122 Å². The summed E-state index contributed by atoms with van der Waals surface area (Å²) in [5.41, 5.74) is 9.14. The van der Waals surface area contributed by atoms with E-state index >= 15 is 0 Å². The van der Waals surface area contributed by atoms with Gasteiger partial charge in [-0.3, -0.25) is 0 Å². The molecular weight excluding hydrogens is 374 g/mol. The van der Waals surface area contributed by atoms with Crippen molar-refractivity contribution in [2.24, 2.45) is 0 Å². The Kier molecular flexibility index (Phi) is 5.18. The van der Waals surface area contributed by atoms with E-state index in [9.17, 15) is 0 Å². The van der Waals surface area contributed by atoms with Crippen LogP contribution >= 0.6 is 0 Å². The van der Waals surface area contributed by atoms with Crippen LogP contribution in [0.15, 0.2) is 109 Å². The van der Waals surface area contributed by atoms with Crippen LogP contribution in [0.5, 0.6) is 0 Å². The van der Waals surface area contributed by atoms with Crippen molar-refractivity contribution in [3.63, 3.8) is 0 Å². The van der Waals surface area contributed by atoms with Gasteiger partial charge in [0.2, 0.25) is 0 Å². The van der Waals surface area contributed by atoms with Crippen LogP contribution in [-0.2, 0) is 0 Å². The third kappa shape index (κ3) is 3.80. The standard InChI is InChI=1S/C30H27N/c1-22-9-8-13-28(21-22)31(30-23(2)15-16-26-12-6-7-14-29(26)30)27-19-17-25(18-20-27)24-10-4-3-5-11-24/h3-17,19,21H,18,20H2,1-2H3. The lowest BCUT2D eigenvalue weighted by atomic mass is 9.94. The quantitative estimate of drug-likeness (QED) is 0.332. The van der Waals surface area contributed by atoms with Crippen LogP contribution < -0.4 is 4.90 Å². The number of rotatable bonds is 4. The number of nitrogens with zero attached hydrogens (tertiary/aromatic N) is 1. The van der Waals surface area contributed by atoms with Gasteiger partial charge in [0.25, 0.3) is 0 Å². The number of hydrogen-bond acceptors (Lipinski definition) is 1. The molecule has 5 rings (SSSR count). The zero-order chi connectivity index (χ0) is 21.2. The molecule has 0 unspecified atom stereocenters. The van der Waals surface area contributed by atoms with Gasteiger partial charge in [-0.2, -0.15) is 0 Å². The van der Waals surface area contributed by atoms with Crippen molar-refractivity contribution in [2.45, 2.75) is 26.7 Å². The largest absolute Gasteiger partial charge is 0.313 e. The first-order chi connectivity index (χ1) is 15.2. The van der Waals surface area contributed by atoms with E-state index in [0.29, 0.717) is 0 Å². The Morgan fingerprint density at radius 3 is 2.26 bits per heavy atom. The summed E-state index contributed by atoms with van der Waals surface area (Å²) >= 11 is 0. The molecule has 0 amide bonds. The fourth-order valence-corrected chi connectivity index (χ4v) is 4.57. The molecule has 4 aromatic rings.